The van der Waals surface area contributed by atoms with Gasteiger partial charge in [0.05, 0.1) is 35.1 Å². The molecule has 0 fully saturated rings. The molecule has 0 atom stereocenters. The molecule has 286 valence electrons. The number of fused-ring (bicyclic) bond motifs is 11. The molecule has 0 saturated heterocycles. The Morgan fingerprint density at radius 2 is 0.836 bits per heavy atom. The molecule has 0 aliphatic rings. The maximum atomic E-state index is 6.65. The number of hydrogen-bond donors (Lipinski definition) is 0. The van der Waals surface area contributed by atoms with E-state index in [2.05, 4.69) is 143 Å². The Morgan fingerprint density at radius 3 is 1.48 bits per heavy atom. The van der Waals surface area contributed by atoms with Gasteiger partial charge in [0.1, 0.15) is 27.8 Å². The number of benzene rings is 8. The Balaban J connectivity index is 0.981. The lowest BCUT2D eigenvalue weighted by Gasteiger charge is -2.26. The fourth-order valence-electron chi connectivity index (χ4n) is 8.96. The summed E-state index contributed by atoms with van der Waals surface area (Å²) in [7, 11) is 0. The molecule has 0 bridgehead atoms. The van der Waals surface area contributed by atoms with Gasteiger partial charge in [-0.1, -0.05) is 109 Å². The summed E-state index contributed by atoms with van der Waals surface area (Å²) in [6.45, 7) is 0. The minimum absolute atomic E-state index is 0.382. The second-order valence-corrected chi connectivity index (χ2v) is 15.2. The monoisotopic (exact) mass is 785 g/mol. The molecule has 0 saturated carbocycles. The highest BCUT2D eigenvalue weighted by molar-refractivity contribution is 6.09. The lowest BCUT2D eigenvalue weighted by atomic mass is 10.1. The summed E-state index contributed by atoms with van der Waals surface area (Å²) >= 11 is 0. The van der Waals surface area contributed by atoms with Crippen molar-refractivity contribution in [3.8, 4) is 0 Å². The van der Waals surface area contributed by atoms with E-state index in [4.69, 9.17) is 28.2 Å². The topological polar surface area (TPSA) is 84.6 Å². The van der Waals surface area contributed by atoms with Crippen LogP contribution >= 0.6 is 0 Å². The third kappa shape index (κ3) is 5.22. The van der Waals surface area contributed by atoms with Crippen LogP contribution < -0.4 is 9.80 Å². The largest absolute Gasteiger partial charge is 0.456 e. The zero-order chi connectivity index (χ0) is 40.0. The Morgan fingerprint density at radius 1 is 0.344 bits per heavy atom. The van der Waals surface area contributed by atoms with Crippen LogP contribution in [0.15, 0.2) is 202 Å². The van der Waals surface area contributed by atoms with Crippen molar-refractivity contribution in [1.29, 1.82) is 0 Å². The van der Waals surface area contributed by atoms with Gasteiger partial charge in [-0.2, -0.15) is 4.98 Å². The normalized spacial score (nSPS) is 11.9. The van der Waals surface area contributed by atoms with E-state index in [1.54, 1.807) is 6.20 Å². The molecule has 0 spiro atoms. The van der Waals surface area contributed by atoms with Gasteiger partial charge in [-0.05, 0) is 59.3 Å². The highest BCUT2D eigenvalue weighted by Gasteiger charge is 2.23. The molecule has 0 unspecified atom stereocenters. The quantitative estimate of drug-likeness (QED) is 0.165. The SMILES string of the molecule is c1ccc2c(N(c3ccc4c(c3)oc3ccccc34)c3cnc4c(c3)oc3nc(N(c5ccc6c(c5)oc5ccccc56)c5cccc6ccccc56)cnc34)cccc2c1. The van der Waals surface area contributed by atoms with E-state index in [1.165, 1.54) is 0 Å². The van der Waals surface area contributed by atoms with Crippen LogP contribution in [-0.4, -0.2) is 15.0 Å². The molecular formula is C53H31N5O3. The molecule has 8 heteroatoms. The third-order valence-electron chi connectivity index (χ3n) is 11.7. The van der Waals surface area contributed by atoms with Crippen molar-refractivity contribution in [3.05, 3.63) is 188 Å². The summed E-state index contributed by atoms with van der Waals surface area (Å²) in [6.07, 6.45) is 3.67. The van der Waals surface area contributed by atoms with Crippen LogP contribution in [0.5, 0.6) is 0 Å². The molecule has 8 aromatic carbocycles. The van der Waals surface area contributed by atoms with Gasteiger partial charge in [0.25, 0.3) is 0 Å². The summed E-state index contributed by atoms with van der Waals surface area (Å²) in [4.78, 5) is 19.5. The van der Waals surface area contributed by atoms with Crippen molar-refractivity contribution in [2.24, 2.45) is 0 Å². The molecule has 8 nitrogen and oxygen atoms in total. The molecule has 0 amide bonds. The van der Waals surface area contributed by atoms with Crippen LogP contribution in [0.3, 0.4) is 0 Å². The van der Waals surface area contributed by atoms with E-state index < -0.39 is 0 Å². The van der Waals surface area contributed by atoms with Crippen LogP contribution in [0.4, 0.5) is 34.3 Å². The van der Waals surface area contributed by atoms with Crippen molar-refractivity contribution in [2.45, 2.75) is 0 Å². The van der Waals surface area contributed by atoms with Gasteiger partial charge in [0, 0.05) is 56.2 Å². The molecular weight excluding hydrogens is 755 g/mol. The number of pyridine rings is 1. The maximum Gasteiger partial charge on any atom is 0.250 e. The predicted octanol–water partition coefficient (Wildman–Crippen LogP) is 14.8. The maximum absolute atomic E-state index is 6.65. The highest BCUT2D eigenvalue weighted by Crippen LogP contribution is 2.44. The van der Waals surface area contributed by atoms with Crippen molar-refractivity contribution in [1.82, 2.24) is 15.0 Å². The first-order valence-corrected chi connectivity index (χ1v) is 20.2. The molecule has 0 N–H and O–H groups in total. The van der Waals surface area contributed by atoms with Crippen LogP contribution in [-0.2, 0) is 0 Å². The molecule has 0 aliphatic heterocycles. The Labute approximate surface area is 347 Å². The molecule has 0 radical (unpaired) electrons. The first kappa shape index (κ1) is 33.5. The Hall–Kier alpha value is -8.49. The number of hydrogen-bond acceptors (Lipinski definition) is 8. The minimum Gasteiger partial charge on any atom is -0.456 e. The summed E-state index contributed by atoms with van der Waals surface area (Å²) in [6, 6.07) is 60.3. The fraction of sp³-hybridized carbons (Fsp3) is 0. The first-order chi connectivity index (χ1) is 30.2. The number of para-hydroxylation sites is 2. The van der Waals surface area contributed by atoms with Gasteiger partial charge in [-0.15, -0.1) is 0 Å². The van der Waals surface area contributed by atoms with Gasteiger partial charge in [0.2, 0.25) is 5.71 Å². The molecule has 5 aromatic heterocycles. The van der Waals surface area contributed by atoms with Gasteiger partial charge in [-0.25, -0.2) is 9.97 Å². The lowest BCUT2D eigenvalue weighted by Crippen LogP contribution is -2.12. The lowest BCUT2D eigenvalue weighted by molar-refractivity contribution is 0.652. The fourth-order valence-corrected chi connectivity index (χ4v) is 8.96. The van der Waals surface area contributed by atoms with Crippen LogP contribution in [0.25, 0.3) is 87.8 Å². The van der Waals surface area contributed by atoms with E-state index in [9.17, 15) is 0 Å². The third-order valence-corrected chi connectivity index (χ3v) is 11.7. The number of rotatable bonds is 6. The zero-order valence-electron chi connectivity index (χ0n) is 32.4. The van der Waals surface area contributed by atoms with E-state index in [-0.39, 0.29) is 0 Å². The predicted molar refractivity (Wildman–Crippen MR) is 246 cm³/mol. The number of aromatic nitrogens is 3. The smallest absolute Gasteiger partial charge is 0.250 e. The number of nitrogens with zero attached hydrogens (tertiary/aromatic N) is 5. The summed E-state index contributed by atoms with van der Waals surface area (Å²) < 4.78 is 19.4. The van der Waals surface area contributed by atoms with Gasteiger partial charge >= 0.3 is 0 Å². The van der Waals surface area contributed by atoms with Gasteiger partial charge in [0.15, 0.2) is 16.9 Å². The van der Waals surface area contributed by atoms with Gasteiger partial charge < -0.3 is 18.2 Å². The second-order valence-electron chi connectivity index (χ2n) is 15.2. The van der Waals surface area contributed by atoms with Crippen molar-refractivity contribution >= 4 is 122 Å². The standard InChI is InChI=1S/C53H31N5O3/c1-3-15-37-32(11-1)13-9-19-43(37)57(34-23-25-41-39-17-5-7-21-45(39)59-47(41)27-34)36-29-49-51(54-30-36)52-53(61-49)56-50(31-55-52)58(44-20-10-14-33-12-2-4-16-38(33)44)35-24-26-42-40-18-6-8-22-46(40)60-48(42)28-35/h1-31H. The van der Waals surface area contributed by atoms with Crippen molar-refractivity contribution in [2.75, 3.05) is 9.80 Å². The van der Waals surface area contributed by atoms with Crippen LogP contribution in [0, 0.1) is 0 Å². The molecule has 61 heavy (non-hydrogen) atoms. The average molecular weight is 786 g/mol. The number of furan rings is 3. The summed E-state index contributed by atoms with van der Waals surface area (Å²) in [5.41, 5.74) is 10.0. The Bertz CT molecular complexity index is 3620. The number of anilines is 6. The molecule has 0 aliphatic carbocycles. The van der Waals surface area contributed by atoms with Crippen LogP contribution in [0.2, 0.25) is 0 Å². The van der Waals surface area contributed by atoms with Crippen molar-refractivity contribution < 1.29 is 13.3 Å². The van der Waals surface area contributed by atoms with E-state index >= 15 is 0 Å². The van der Waals surface area contributed by atoms with E-state index in [0.717, 1.165) is 93.9 Å². The van der Waals surface area contributed by atoms with Crippen molar-refractivity contribution in [3.63, 3.8) is 0 Å². The molecule has 5 heterocycles. The second kappa shape index (κ2) is 13.0. The van der Waals surface area contributed by atoms with Gasteiger partial charge in [-0.3, -0.25) is 4.90 Å². The molecule has 13 aromatic rings. The summed E-state index contributed by atoms with van der Waals surface area (Å²) in [5.74, 6) is 0.593. The van der Waals surface area contributed by atoms with E-state index in [1.807, 2.05) is 48.7 Å². The van der Waals surface area contributed by atoms with Crippen LogP contribution in [0.1, 0.15) is 0 Å². The zero-order valence-corrected chi connectivity index (χ0v) is 32.4. The minimum atomic E-state index is 0.382. The Kier molecular flexibility index (Phi) is 7.14. The highest BCUT2D eigenvalue weighted by atomic mass is 16.3. The summed E-state index contributed by atoms with van der Waals surface area (Å²) in [5, 5.41) is 8.68. The average Bonchev–Trinajstić information content (AvgIpc) is 3.99. The first-order valence-electron chi connectivity index (χ1n) is 20.2. The van der Waals surface area contributed by atoms with E-state index in [0.29, 0.717) is 28.1 Å². The molecule has 13 rings (SSSR count).